The van der Waals surface area contributed by atoms with E-state index in [0.29, 0.717) is 13.2 Å². The number of carbonyl (C=O) groups excluding carboxylic acids is 1. The lowest BCUT2D eigenvalue weighted by atomic mass is 10.2. The summed E-state index contributed by atoms with van der Waals surface area (Å²) >= 11 is 1.73. The molecule has 0 spiro atoms. The lowest BCUT2D eigenvalue weighted by Crippen LogP contribution is -2.50. The fourth-order valence-electron chi connectivity index (χ4n) is 1.36. The summed E-state index contributed by atoms with van der Waals surface area (Å²) in [5, 5.41) is 6.06. The maximum Gasteiger partial charge on any atom is 0.250 e. The van der Waals surface area contributed by atoms with Gasteiger partial charge < -0.3 is 15.4 Å². The molecule has 1 saturated heterocycles. The van der Waals surface area contributed by atoms with Crippen molar-refractivity contribution < 1.29 is 9.53 Å². The maximum atomic E-state index is 11.6. The Kier molecular flexibility index (Phi) is 8.23. The molecule has 1 aliphatic heterocycles. The number of thioether (sulfide) groups is 1. The highest BCUT2D eigenvalue weighted by molar-refractivity contribution is 7.98. The number of hydrogen-bond acceptors (Lipinski definition) is 4. The highest BCUT2D eigenvalue weighted by Crippen LogP contribution is 2.00. The van der Waals surface area contributed by atoms with E-state index in [0.717, 1.165) is 12.3 Å². The van der Waals surface area contributed by atoms with E-state index in [1.54, 1.807) is 11.8 Å². The molecular formula is C9H19ClN2O2S. The first-order valence-corrected chi connectivity index (χ1v) is 6.25. The average Bonchev–Trinajstić information content (AvgIpc) is 2.19. The maximum absolute atomic E-state index is 11.6. The Morgan fingerprint density at radius 1 is 1.73 bits per heavy atom. The molecule has 0 saturated carbocycles. The van der Waals surface area contributed by atoms with E-state index in [-0.39, 0.29) is 30.5 Å². The fraction of sp³-hybridized carbons (Fsp3) is 0.889. The predicted molar refractivity (Wildman–Crippen MR) is 65.8 cm³/mol. The van der Waals surface area contributed by atoms with Crippen molar-refractivity contribution in [2.45, 2.75) is 19.1 Å². The summed E-state index contributed by atoms with van der Waals surface area (Å²) in [6.45, 7) is 4.08. The molecule has 0 aromatic rings. The molecule has 0 aromatic carbocycles. The van der Waals surface area contributed by atoms with E-state index >= 15 is 0 Å². The van der Waals surface area contributed by atoms with Crippen LogP contribution in [0.5, 0.6) is 0 Å². The first kappa shape index (κ1) is 15.0. The molecule has 4 nitrogen and oxygen atoms in total. The van der Waals surface area contributed by atoms with Crippen LogP contribution in [0.1, 0.15) is 6.92 Å². The summed E-state index contributed by atoms with van der Waals surface area (Å²) in [6.07, 6.45) is 1.72. The molecule has 2 atom stereocenters. The van der Waals surface area contributed by atoms with Gasteiger partial charge in [-0.05, 0) is 13.2 Å². The van der Waals surface area contributed by atoms with Crippen molar-refractivity contribution in [2.75, 3.05) is 31.7 Å². The standard InChI is InChI=1S/C9H18N2O2S.ClH/c1-7(6-14-2)11-9(12)8-5-10-3-4-13-8;/h7-8,10H,3-6H2,1-2H3,(H,11,12);1H/t7?,8-;/m0./s1. The minimum Gasteiger partial charge on any atom is -0.366 e. The molecule has 1 rings (SSSR count). The van der Waals surface area contributed by atoms with E-state index < -0.39 is 0 Å². The Morgan fingerprint density at radius 3 is 3.00 bits per heavy atom. The lowest BCUT2D eigenvalue weighted by molar-refractivity contribution is -0.134. The van der Waals surface area contributed by atoms with Crippen molar-refractivity contribution >= 4 is 30.1 Å². The van der Waals surface area contributed by atoms with Gasteiger partial charge in [-0.3, -0.25) is 4.79 Å². The van der Waals surface area contributed by atoms with Gasteiger partial charge in [-0.1, -0.05) is 0 Å². The van der Waals surface area contributed by atoms with Crippen LogP contribution in [-0.2, 0) is 9.53 Å². The van der Waals surface area contributed by atoms with Gasteiger partial charge in [0.15, 0.2) is 0 Å². The number of hydrogen-bond donors (Lipinski definition) is 2. The van der Waals surface area contributed by atoms with E-state index in [4.69, 9.17) is 4.74 Å². The van der Waals surface area contributed by atoms with E-state index in [2.05, 4.69) is 10.6 Å². The molecule has 15 heavy (non-hydrogen) atoms. The molecule has 6 heteroatoms. The second-order valence-corrected chi connectivity index (χ2v) is 4.34. The van der Waals surface area contributed by atoms with Gasteiger partial charge in [0.2, 0.25) is 0 Å². The molecule has 1 unspecified atom stereocenters. The monoisotopic (exact) mass is 254 g/mol. The Labute approximate surface area is 101 Å². The minimum atomic E-state index is -0.312. The predicted octanol–water partition coefficient (Wildman–Crippen LogP) is 0.264. The highest BCUT2D eigenvalue weighted by Gasteiger charge is 2.22. The molecule has 90 valence electrons. The minimum absolute atomic E-state index is 0. The molecule has 0 aliphatic carbocycles. The summed E-state index contributed by atoms with van der Waals surface area (Å²) < 4.78 is 5.34. The SMILES string of the molecule is CSCC(C)NC(=O)[C@@H]1CNCCO1.Cl. The van der Waals surface area contributed by atoms with Crippen LogP contribution in [0.25, 0.3) is 0 Å². The van der Waals surface area contributed by atoms with Gasteiger partial charge >= 0.3 is 0 Å². The summed E-state index contributed by atoms with van der Waals surface area (Å²) in [7, 11) is 0. The molecule has 0 bridgehead atoms. The smallest absolute Gasteiger partial charge is 0.250 e. The Bertz CT molecular complexity index is 189. The Balaban J connectivity index is 0.00000196. The molecule has 0 radical (unpaired) electrons. The largest absolute Gasteiger partial charge is 0.366 e. The van der Waals surface area contributed by atoms with Crippen molar-refractivity contribution in [2.24, 2.45) is 0 Å². The van der Waals surface area contributed by atoms with Crippen LogP contribution in [-0.4, -0.2) is 49.8 Å². The molecule has 2 N–H and O–H groups in total. The average molecular weight is 255 g/mol. The second-order valence-electron chi connectivity index (χ2n) is 3.43. The summed E-state index contributed by atoms with van der Waals surface area (Å²) in [5.74, 6) is 0.935. The quantitative estimate of drug-likeness (QED) is 0.756. The van der Waals surface area contributed by atoms with Crippen LogP contribution >= 0.6 is 24.2 Å². The first-order valence-electron chi connectivity index (χ1n) is 4.85. The van der Waals surface area contributed by atoms with E-state index in [9.17, 15) is 4.79 Å². The van der Waals surface area contributed by atoms with Crippen LogP contribution in [0.4, 0.5) is 0 Å². The number of ether oxygens (including phenoxy) is 1. The van der Waals surface area contributed by atoms with Crippen molar-refractivity contribution in [1.82, 2.24) is 10.6 Å². The topological polar surface area (TPSA) is 50.4 Å². The summed E-state index contributed by atoms with van der Waals surface area (Å²) in [6, 6.07) is 0.211. The second kappa shape index (κ2) is 8.21. The van der Waals surface area contributed by atoms with Crippen LogP contribution in [0, 0.1) is 0 Å². The normalized spacial score (nSPS) is 22.7. The third-order valence-corrected chi connectivity index (χ3v) is 2.86. The van der Waals surface area contributed by atoms with E-state index in [1.807, 2.05) is 13.2 Å². The van der Waals surface area contributed by atoms with Gasteiger partial charge in [-0.2, -0.15) is 11.8 Å². The number of nitrogens with one attached hydrogen (secondary N) is 2. The number of amides is 1. The van der Waals surface area contributed by atoms with Crippen LogP contribution in [0.3, 0.4) is 0 Å². The van der Waals surface area contributed by atoms with Crippen molar-refractivity contribution in [3.05, 3.63) is 0 Å². The zero-order valence-electron chi connectivity index (χ0n) is 9.12. The zero-order valence-corrected chi connectivity index (χ0v) is 10.7. The number of rotatable bonds is 4. The summed E-state index contributed by atoms with van der Waals surface area (Å²) in [4.78, 5) is 11.6. The Morgan fingerprint density at radius 2 is 2.47 bits per heavy atom. The fourth-order valence-corrected chi connectivity index (χ4v) is 1.94. The van der Waals surface area contributed by atoms with Gasteiger partial charge in [0, 0.05) is 24.9 Å². The van der Waals surface area contributed by atoms with Crippen molar-refractivity contribution in [1.29, 1.82) is 0 Å². The van der Waals surface area contributed by atoms with Gasteiger partial charge in [0.05, 0.1) is 6.61 Å². The van der Waals surface area contributed by atoms with E-state index in [1.165, 1.54) is 0 Å². The molecule has 1 fully saturated rings. The highest BCUT2D eigenvalue weighted by atomic mass is 35.5. The third kappa shape index (κ3) is 5.61. The molecule has 1 amide bonds. The number of morpholine rings is 1. The van der Waals surface area contributed by atoms with Crippen molar-refractivity contribution in [3.8, 4) is 0 Å². The molecule has 1 heterocycles. The van der Waals surface area contributed by atoms with Crippen LogP contribution in [0.15, 0.2) is 0 Å². The number of carbonyl (C=O) groups is 1. The van der Waals surface area contributed by atoms with Gasteiger partial charge in [0.25, 0.3) is 5.91 Å². The van der Waals surface area contributed by atoms with Gasteiger partial charge in [0.1, 0.15) is 6.10 Å². The zero-order chi connectivity index (χ0) is 10.4. The lowest BCUT2D eigenvalue weighted by Gasteiger charge is -2.24. The Hall–Kier alpha value is 0.0300. The van der Waals surface area contributed by atoms with Gasteiger partial charge in [-0.25, -0.2) is 0 Å². The van der Waals surface area contributed by atoms with Crippen LogP contribution < -0.4 is 10.6 Å². The third-order valence-electron chi connectivity index (χ3n) is 2.03. The van der Waals surface area contributed by atoms with Gasteiger partial charge in [-0.15, -0.1) is 12.4 Å². The van der Waals surface area contributed by atoms with Crippen molar-refractivity contribution in [3.63, 3.8) is 0 Å². The molecular weight excluding hydrogens is 236 g/mol. The van der Waals surface area contributed by atoms with Crippen LogP contribution in [0.2, 0.25) is 0 Å². The molecule has 1 aliphatic rings. The molecule has 0 aromatic heterocycles. The first-order chi connectivity index (χ1) is 6.74. The summed E-state index contributed by atoms with van der Waals surface area (Å²) in [5.41, 5.74) is 0. The number of halogens is 1.